The van der Waals surface area contributed by atoms with E-state index in [0.29, 0.717) is 6.54 Å². The fraction of sp³-hybridized carbons (Fsp3) is 0.455. The summed E-state index contributed by atoms with van der Waals surface area (Å²) < 4.78 is 5.51. The Bertz CT molecular complexity index is 315. The molecule has 1 aromatic carbocycles. The maximum absolute atomic E-state index is 5.84. The van der Waals surface area contributed by atoms with Crippen LogP contribution in [0.25, 0.3) is 0 Å². The third-order valence-electron chi connectivity index (χ3n) is 2.59. The first-order valence-electron chi connectivity index (χ1n) is 5.12. The third kappa shape index (κ3) is 2.62. The van der Waals surface area contributed by atoms with Crippen LogP contribution in [0, 0.1) is 0 Å². The van der Waals surface area contributed by atoms with Crippen molar-refractivity contribution in [1.82, 2.24) is 0 Å². The maximum Gasteiger partial charge on any atom is 0.0872 e. The molecule has 82 valence electrons. The number of nitrogens with zero attached hydrogens (tertiary/aromatic N) is 1. The quantitative estimate of drug-likeness (QED) is 0.831. The predicted molar refractivity (Wildman–Crippen MR) is 62.5 cm³/mol. The van der Waals surface area contributed by atoms with Gasteiger partial charge in [-0.1, -0.05) is 11.6 Å². The molecule has 1 aliphatic rings. The molecule has 0 spiro atoms. The molecule has 1 unspecified atom stereocenters. The summed E-state index contributed by atoms with van der Waals surface area (Å²) in [6, 6.07) is 7.87. The summed E-state index contributed by atoms with van der Waals surface area (Å²) in [5.74, 6) is 0. The lowest BCUT2D eigenvalue weighted by molar-refractivity contribution is 0.0466. The van der Waals surface area contributed by atoms with Gasteiger partial charge in [-0.3, -0.25) is 0 Å². The zero-order valence-electron chi connectivity index (χ0n) is 8.53. The van der Waals surface area contributed by atoms with Crippen LogP contribution in [-0.4, -0.2) is 32.3 Å². The van der Waals surface area contributed by atoms with Crippen molar-refractivity contribution in [2.24, 2.45) is 5.73 Å². The average Bonchev–Trinajstić information content (AvgIpc) is 2.30. The highest BCUT2D eigenvalue weighted by molar-refractivity contribution is 6.30. The van der Waals surface area contributed by atoms with E-state index in [0.717, 1.165) is 24.7 Å². The van der Waals surface area contributed by atoms with Gasteiger partial charge in [-0.05, 0) is 24.3 Å². The highest BCUT2D eigenvalue weighted by Gasteiger charge is 2.19. The largest absolute Gasteiger partial charge is 0.373 e. The minimum atomic E-state index is 0.148. The zero-order valence-corrected chi connectivity index (χ0v) is 9.28. The molecule has 15 heavy (non-hydrogen) atoms. The van der Waals surface area contributed by atoms with Gasteiger partial charge < -0.3 is 15.4 Å². The van der Waals surface area contributed by atoms with E-state index in [1.165, 1.54) is 5.69 Å². The van der Waals surface area contributed by atoms with Crippen LogP contribution in [0.1, 0.15) is 0 Å². The van der Waals surface area contributed by atoms with Gasteiger partial charge in [0.25, 0.3) is 0 Å². The van der Waals surface area contributed by atoms with Gasteiger partial charge in [-0.15, -0.1) is 0 Å². The molecule has 1 aromatic rings. The molecular formula is C11H15ClN2O. The number of halogens is 1. The molecule has 0 radical (unpaired) electrons. The molecule has 0 saturated carbocycles. The monoisotopic (exact) mass is 226 g/mol. The summed E-state index contributed by atoms with van der Waals surface area (Å²) in [7, 11) is 0. The molecule has 0 aliphatic carbocycles. The van der Waals surface area contributed by atoms with Crippen LogP contribution in [0.2, 0.25) is 5.02 Å². The molecule has 2 rings (SSSR count). The van der Waals surface area contributed by atoms with Gasteiger partial charge in [0.15, 0.2) is 0 Å². The molecule has 1 aliphatic heterocycles. The number of ether oxygens (including phenoxy) is 1. The van der Waals surface area contributed by atoms with Gasteiger partial charge in [-0.2, -0.15) is 0 Å². The van der Waals surface area contributed by atoms with Crippen LogP contribution < -0.4 is 10.6 Å². The van der Waals surface area contributed by atoms with Crippen molar-refractivity contribution in [1.29, 1.82) is 0 Å². The van der Waals surface area contributed by atoms with Crippen LogP contribution in [0.15, 0.2) is 24.3 Å². The molecule has 1 heterocycles. The first kappa shape index (κ1) is 10.7. The van der Waals surface area contributed by atoms with Crippen LogP contribution in [0.4, 0.5) is 5.69 Å². The van der Waals surface area contributed by atoms with Crippen molar-refractivity contribution in [2.45, 2.75) is 6.10 Å². The van der Waals surface area contributed by atoms with E-state index < -0.39 is 0 Å². The number of benzene rings is 1. The van der Waals surface area contributed by atoms with E-state index in [2.05, 4.69) is 4.90 Å². The summed E-state index contributed by atoms with van der Waals surface area (Å²) >= 11 is 5.84. The number of hydrogen-bond donors (Lipinski definition) is 1. The molecule has 0 amide bonds. The lowest BCUT2D eigenvalue weighted by Crippen LogP contribution is -2.45. The number of rotatable bonds is 2. The molecule has 1 saturated heterocycles. The number of anilines is 1. The van der Waals surface area contributed by atoms with Crippen molar-refractivity contribution < 1.29 is 4.74 Å². The Balaban J connectivity index is 2.06. The predicted octanol–water partition coefficient (Wildman–Crippen LogP) is 1.50. The standard InChI is InChI=1S/C11H15ClN2O/c12-9-1-3-10(4-2-9)14-5-6-15-11(7-13)8-14/h1-4,11H,5-8,13H2. The van der Waals surface area contributed by atoms with Gasteiger partial charge in [0, 0.05) is 30.3 Å². The lowest BCUT2D eigenvalue weighted by atomic mass is 10.2. The highest BCUT2D eigenvalue weighted by Crippen LogP contribution is 2.20. The van der Waals surface area contributed by atoms with Crippen molar-refractivity contribution in [3.63, 3.8) is 0 Å². The van der Waals surface area contributed by atoms with Crippen molar-refractivity contribution in [3.05, 3.63) is 29.3 Å². The lowest BCUT2D eigenvalue weighted by Gasteiger charge is -2.34. The minimum Gasteiger partial charge on any atom is -0.373 e. The van der Waals surface area contributed by atoms with Gasteiger partial charge >= 0.3 is 0 Å². The number of hydrogen-bond acceptors (Lipinski definition) is 3. The van der Waals surface area contributed by atoms with E-state index >= 15 is 0 Å². The Morgan fingerprint density at radius 3 is 2.80 bits per heavy atom. The average molecular weight is 227 g/mol. The first-order valence-corrected chi connectivity index (χ1v) is 5.49. The van der Waals surface area contributed by atoms with Crippen molar-refractivity contribution >= 4 is 17.3 Å². The molecule has 2 N–H and O–H groups in total. The second-order valence-corrected chi connectivity index (χ2v) is 4.09. The maximum atomic E-state index is 5.84. The van der Waals surface area contributed by atoms with Gasteiger partial charge in [0.1, 0.15) is 0 Å². The molecule has 1 atom stereocenters. The highest BCUT2D eigenvalue weighted by atomic mass is 35.5. The SMILES string of the molecule is NCC1CN(c2ccc(Cl)cc2)CCO1. The normalized spacial score (nSPS) is 21.7. The van der Waals surface area contributed by atoms with Crippen LogP contribution in [0.3, 0.4) is 0 Å². The zero-order chi connectivity index (χ0) is 10.7. The molecule has 1 fully saturated rings. The topological polar surface area (TPSA) is 38.5 Å². The Kier molecular flexibility index (Phi) is 3.46. The van der Waals surface area contributed by atoms with E-state index in [4.69, 9.17) is 22.1 Å². The summed E-state index contributed by atoms with van der Waals surface area (Å²) in [6.45, 7) is 3.09. The Hall–Kier alpha value is -0.770. The second kappa shape index (κ2) is 4.84. The van der Waals surface area contributed by atoms with E-state index in [1.807, 2.05) is 24.3 Å². The summed E-state index contributed by atoms with van der Waals surface area (Å²) in [5.41, 5.74) is 6.78. The fourth-order valence-corrected chi connectivity index (χ4v) is 1.87. The smallest absolute Gasteiger partial charge is 0.0872 e. The number of nitrogens with two attached hydrogens (primary N) is 1. The Morgan fingerprint density at radius 1 is 1.40 bits per heavy atom. The molecule has 3 nitrogen and oxygen atoms in total. The van der Waals surface area contributed by atoms with Gasteiger partial charge in [0.05, 0.1) is 12.7 Å². The van der Waals surface area contributed by atoms with E-state index in [-0.39, 0.29) is 6.10 Å². The minimum absolute atomic E-state index is 0.148. The summed E-state index contributed by atoms with van der Waals surface area (Å²) in [4.78, 5) is 2.28. The van der Waals surface area contributed by atoms with Crippen molar-refractivity contribution in [3.8, 4) is 0 Å². The third-order valence-corrected chi connectivity index (χ3v) is 2.85. The first-order chi connectivity index (χ1) is 7.29. The molecule has 0 bridgehead atoms. The second-order valence-electron chi connectivity index (χ2n) is 3.65. The van der Waals surface area contributed by atoms with Gasteiger partial charge in [0.2, 0.25) is 0 Å². The van der Waals surface area contributed by atoms with Crippen LogP contribution in [-0.2, 0) is 4.74 Å². The Labute approximate surface area is 94.8 Å². The molecule has 4 heteroatoms. The summed E-state index contributed by atoms with van der Waals surface area (Å²) in [6.07, 6.45) is 0.148. The fourth-order valence-electron chi connectivity index (χ4n) is 1.75. The van der Waals surface area contributed by atoms with E-state index in [1.54, 1.807) is 0 Å². The van der Waals surface area contributed by atoms with Crippen LogP contribution >= 0.6 is 11.6 Å². The Morgan fingerprint density at radius 2 is 2.13 bits per heavy atom. The van der Waals surface area contributed by atoms with Crippen LogP contribution in [0.5, 0.6) is 0 Å². The number of morpholine rings is 1. The van der Waals surface area contributed by atoms with Crippen molar-refractivity contribution in [2.75, 3.05) is 31.1 Å². The summed E-state index contributed by atoms with van der Waals surface area (Å²) in [5, 5.41) is 0.766. The molecular weight excluding hydrogens is 212 g/mol. The van der Waals surface area contributed by atoms with E-state index in [9.17, 15) is 0 Å². The van der Waals surface area contributed by atoms with Gasteiger partial charge in [-0.25, -0.2) is 0 Å². The molecule has 0 aromatic heterocycles.